The number of halogens is 1. The predicted molar refractivity (Wildman–Crippen MR) is 71.9 cm³/mol. The molecule has 90 valence electrons. The summed E-state index contributed by atoms with van der Waals surface area (Å²) in [5.74, 6) is 0. The first kappa shape index (κ1) is 13.5. The third-order valence-electron chi connectivity index (χ3n) is 3.18. The molecule has 1 nitrogen and oxygen atoms in total. The van der Waals surface area contributed by atoms with E-state index in [1.165, 1.54) is 18.4 Å². The van der Waals surface area contributed by atoms with Crippen molar-refractivity contribution in [1.82, 2.24) is 0 Å². The molecule has 1 aromatic rings. The summed E-state index contributed by atoms with van der Waals surface area (Å²) in [4.78, 5) is 0. The lowest BCUT2D eigenvalue weighted by atomic mass is 9.85. The highest BCUT2D eigenvalue weighted by Gasteiger charge is 2.22. The molecule has 1 aromatic carbocycles. The van der Waals surface area contributed by atoms with E-state index in [1.54, 1.807) is 0 Å². The molecule has 0 fully saturated rings. The highest BCUT2D eigenvalue weighted by Crippen LogP contribution is 2.22. The summed E-state index contributed by atoms with van der Waals surface area (Å²) in [6.45, 7) is 4.37. The van der Waals surface area contributed by atoms with Gasteiger partial charge in [-0.25, -0.2) is 0 Å². The van der Waals surface area contributed by atoms with Crippen LogP contribution in [0, 0.1) is 0 Å². The minimum atomic E-state index is -0.0688. The molecule has 0 spiro atoms. The Balaban J connectivity index is 2.68. The number of hydrogen-bond donors (Lipinski definition) is 1. The zero-order valence-electron chi connectivity index (χ0n) is 10.3. The van der Waals surface area contributed by atoms with Crippen LogP contribution in [0.4, 0.5) is 0 Å². The number of nitrogens with two attached hydrogens (primary N) is 1. The molecule has 0 radical (unpaired) electrons. The number of benzene rings is 1. The average Bonchev–Trinajstić information content (AvgIpc) is 2.26. The lowest BCUT2D eigenvalue weighted by Gasteiger charge is -2.28. The molecule has 0 aliphatic rings. The van der Waals surface area contributed by atoms with Crippen molar-refractivity contribution in [2.75, 3.05) is 0 Å². The van der Waals surface area contributed by atoms with Gasteiger partial charge in [-0.2, -0.15) is 0 Å². The summed E-state index contributed by atoms with van der Waals surface area (Å²) in [6, 6.07) is 8.02. The molecule has 0 heterocycles. The average molecular weight is 240 g/mol. The van der Waals surface area contributed by atoms with Gasteiger partial charge >= 0.3 is 0 Å². The molecule has 0 saturated heterocycles. The fourth-order valence-corrected chi connectivity index (χ4v) is 2.19. The fourth-order valence-electron chi connectivity index (χ4n) is 1.97. The van der Waals surface area contributed by atoms with Gasteiger partial charge in [0.1, 0.15) is 0 Å². The van der Waals surface area contributed by atoms with Crippen molar-refractivity contribution in [2.24, 2.45) is 5.73 Å². The highest BCUT2D eigenvalue weighted by atomic mass is 35.5. The van der Waals surface area contributed by atoms with E-state index in [2.05, 4.69) is 19.9 Å². The maximum absolute atomic E-state index is 6.42. The van der Waals surface area contributed by atoms with Gasteiger partial charge in [-0.05, 0) is 37.0 Å². The van der Waals surface area contributed by atoms with Crippen LogP contribution in [-0.4, -0.2) is 5.54 Å². The van der Waals surface area contributed by atoms with Gasteiger partial charge in [0.2, 0.25) is 0 Å². The van der Waals surface area contributed by atoms with E-state index in [1.807, 2.05) is 18.2 Å². The third-order valence-corrected chi connectivity index (χ3v) is 3.41. The molecule has 1 rings (SSSR count). The van der Waals surface area contributed by atoms with Crippen LogP contribution < -0.4 is 5.73 Å². The lowest BCUT2D eigenvalue weighted by Crippen LogP contribution is -2.41. The van der Waals surface area contributed by atoms with Gasteiger partial charge in [0.05, 0.1) is 0 Å². The monoisotopic (exact) mass is 239 g/mol. The van der Waals surface area contributed by atoms with Gasteiger partial charge in [0.25, 0.3) is 0 Å². The van der Waals surface area contributed by atoms with Gasteiger partial charge in [-0.15, -0.1) is 0 Å². The molecule has 0 aliphatic carbocycles. The number of hydrogen-bond acceptors (Lipinski definition) is 1. The van der Waals surface area contributed by atoms with Crippen molar-refractivity contribution < 1.29 is 0 Å². The van der Waals surface area contributed by atoms with Gasteiger partial charge in [0.15, 0.2) is 0 Å². The van der Waals surface area contributed by atoms with Gasteiger partial charge in [0, 0.05) is 10.6 Å². The maximum Gasteiger partial charge on any atom is 0.0408 e. The van der Waals surface area contributed by atoms with E-state index >= 15 is 0 Å². The zero-order chi connectivity index (χ0) is 12.0. The second-order valence-electron chi connectivity index (χ2n) is 4.63. The molecule has 16 heavy (non-hydrogen) atoms. The molecule has 0 saturated carbocycles. The molecule has 0 aliphatic heterocycles. The van der Waals surface area contributed by atoms with E-state index in [-0.39, 0.29) is 5.54 Å². The first-order valence-corrected chi connectivity index (χ1v) is 6.51. The summed E-state index contributed by atoms with van der Waals surface area (Å²) >= 11 is 5.98. The standard InChI is InChI=1S/C14H22ClN/c1-3-5-9-14(16,4-2)11-12-7-6-8-13(15)10-12/h6-8,10H,3-5,9,11,16H2,1-2H3. The topological polar surface area (TPSA) is 26.0 Å². The SMILES string of the molecule is CCCCC(N)(CC)Cc1cccc(Cl)c1. The van der Waals surface area contributed by atoms with E-state index in [0.717, 1.165) is 24.3 Å². The zero-order valence-corrected chi connectivity index (χ0v) is 11.1. The Morgan fingerprint density at radius 3 is 2.62 bits per heavy atom. The Labute approximate surface area is 104 Å². The predicted octanol–water partition coefficient (Wildman–Crippen LogP) is 4.18. The largest absolute Gasteiger partial charge is 0.325 e. The van der Waals surface area contributed by atoms with Crippen LogP contribution in [0.15, 0.2) is 24.3 Å². The molecular formula is C14H22ClN. The fraction of sp³-hybridized carbons (Fsp3) is 0.571. The van der Waals surface area contributed by atoms with Crippen molar-refractivity contribution in [3.63, 3.8) is 0 Å². The minimum absolute atomic E-state index is 0.0688. The molecular weight excluding hydrogens is 218 g/mol. The van der Waals surface area contributed by atoms with E-state index in [9.17, 15) is 0 Å². The lowest BCUT2D eigenvalue weighted by molar-refractivity contribution is 0.365. The first-order valence-electron chi connectivity index (χ1n) is 6.13. The minimum Gasteiger partial charge on any atom is -0.325 e. The van der Waals surface area contributed by atoms with Crippen molar-refractivity contribution in [2.45, 2.75) is 51.5 Å². The van der Waals surface area contributed by atoms with Crippen molar-refractivity contribution in [1.29, 1.82) is 0 Å². The smallest absolute Gasteiger partial charge is 0.0408 e. The Hall–Kier alpha value is -0.530. The molecule has 2 N–H and O–H groups in total. The van der Waals surface area contributed by atoms with Crippen molar-refractivity contribution in [3.05, 3.63) is 34.9 Å². The summed E-state index contributed by atoms with van der Waals surface area (Å²) in [5.41, 5.74) is 7.60. The van der Waals surface area contributed by atoms with Gasteiger partial charge in [-0.1, -0.05) is 50.4 Å². The van der Waals surface area contributed by atoms with Crippen molar-refractivity contribution >= 4 is 11.6 Å². The third kappa shape index (κ3) is 4.15. The Morgan fingerprint density at radius 2 is 2.06 bits per heavy atom. The van der Waals surface area contributed by atoms with E-state index < -0.39 is 0 Å². The van der Waals surface area contributed by atoms with Crippen LogP contribution in [0.2, 0.25) is 5.02 Å². The highest BCUT2D eigenvalue weighted by molar-refractivity contribution is 6.30. The van der Waals surface area contributed by atoms with Gasteiger partial charge in [-0.3, -0.25) is 0 Å². The quantitative estimate of drug-likeness (QED) is 0.792. The molecule has 0 aromatic heterocycles. The number of unbranched alkanes of at least 4 members (excludes halogenated alkanes) is 1. The molecule has 0 bridgehead atoms. The van der Waals surface area contributed by atoms with E-state index in [0.29, 0.717) is 0 Å². The van der Waals surface area contributed by atoms with Crippen LogP contribution in [0.5, 0.6) is 0 Å². The maximum atomic E-state index is 6.42. The van der Waals surface area contributed by atoms with Crippen LogP contribution in [0.25, 0.3) is 0 Å². The summed E-state index contributed by atoms with van der Waals surface area (Å²) in [5, 5.41) is 0.798. The normalized spacial score (nSPS) is 14.8. The second-order valence-corrected chi connectivity index (χ2v) is 5.06. The molecule has 1 atom stereocenters. The van der Waals surface area contributed by atoms with Crippen LogP contribution in [0.3, 0.4) is 0 Å². The van der Waals surface area contributed by atoms with Crippen LogP contribution in [-0.2, 0) is 6.42 Å². The van der Waals surface area contributed by atoms with Crippen LogP contribution >= 0.6 is 11.6 Å². The Kier molecular flexibility index (Phi) is 5.30. The van der Waals surface area contributed by atoms with Gasteiger partial charge < -0.3 is 5.73 Å². The summed E-state index contributed by atoms with van der Waals surface area (Å²) in [6.07, 6.45) is 5.43. The number of rotatable bonds is 6. The van der Waals surface area contributed by atoms with Crippen LogP contribution in [0.1, 0.15) is 45.1 Å². The van der Waals surface area contributed by atoms with Crippen molar-refractivity contribution in [3.8, 4) is 0 Å². The summed E-state index contributed by atoms with van der Waals surface area (Å²) in [7, 11) is 0. The Bertz CT molecular complexity index is 324. The second kappa shape index (κ2) is 6.27. The molecule has 2 heteroatoms. The Morgan fingerprint density at radius 1 is 1.31 bits per heavy atom. The first-order chi connectivity index (χ1) is 7.59. The summed E-state index contributed by atoms with van der Waals surface area (Å²) < 4.78 is 0. The van der Waals surface area contributed by atoms with E-state index in [4.69, 9.17) is 17.3 Å². The molecule has 0 amide bonds. The molecule has 1 unspecified atom stereocenters.